The molecule has 1 aromatic heterocycles. The fourth-order valence-corrected chi connectivity index (χ4v) is 2.08. The van der Waals surface area contributed by atoms with Gasteiger partial charge in [-0.15, -0.1) is 0 Å². The van der Waals surface area contributed by atoms with E-state index in [9.17, 15) is 9.59 Å². The molecule has 92 valence electrons. The van der Waals surface area contributed by atoms with Gasteiger partial charge in [0.05, 0.1) is 16.4 Å². The Bertz CT molecular complexity index is 608. The van der Waals surface area contributed by atoms with Crippen molar-refractivity contribution < 1.29 is 4.79 Å². The van der Waals surface area contributed by atoms with Crippen LogP contribution in [0.25, 0.3) is 0 Å². The van der Waals surface area contributed by atoms with Crippen molar-refractivity contribution in [3.63, 3.8) is 0 Å². The van der Waals surface area contributed by atoms with E-state index in [1.165, 1.54) is 17.1 Å². The summed E-state index contributed by atoms with van der Waals surface area (Å²) in [6, 6.07) is 9.48. The van der Waals surface area contributed by atoms with Gasteiger partial charge in [-0.1, -0.05) is 30.3 Å². The summed E-state index contributed by atoms with van der Waals surface area (Å²) in [6.07, 6.45) is 3.22. The lowest BCUT2D eigenvalue weighted by Gasteiger charge is -2.04. The molecule has 18 heavy (non-hydrogen) atoms. The number of hydrogen-bond donors (Lipinski definition) is 0. The Labute approximate surface area is 118 Å². The Morgan fingerprint density at radius 2 is 2.00 bits per heavy atom. The summed E-state index contributed by atoms with van der Waals surface area (Å²) in [7, 11) is 0. The molecule has 0 bridgehead atoms. The maximum atomic E-state index is 11.9. The lowest BCUT2D eigenvalue weighted by Crippen LogP contribution is -2.26. The number of benzene rings is 1. The highest BCUT2D eigenvalue weighted by atomic mass is 127. The second-order valence-electron chi connectivity index (χ2n) is 3.88. The summed E-state index contributed by atoms with van der Waals surface area (Å²) >= 11 is 1.91. The van der Waals surface area contributed by atoms with Crippen LogP contribution in [0.1, 0.15) is 5.56 Å². The Balaban J connectivity index is 2.08. The fourth-order valence-electron chi connectivity index (χ4n) is 1.61. The number of hydrogen-bond acceptors (Lipinski definition) is 3. The van der Waals surface area contributed by atoms with Crippen molar-refractivity contribution in [1.29, 1.82) is 0 Å². The van der Waals surface area contributed by atoms with Gasteiger partial charge in [0.25, 0.3) is 5.56 Å². The van der Waals surface area contributed by atoms with E-state index in [1.807, 2.05) is 52.9 Å². The van der Waals surface area contributed by atoms with Crippen LogP contribution in [0.2, 0.25) is 0 Å². The summed E-state index contributed by atoms with van der Waals surface area (Å²) in [4.78, 5) is 27.5. The zero-order chi connectivity index (χ0) is 13.0. The van der Waals surface area contributed by atoms with Crippen LogP contribution in [0.4, 0.5) is 0 Å². The highest BCUT2D eigenvalue weighted by Gasteiger charge is 2.07. The molecule has 5 heteroatoms. The van der Waals surface area contributed by atoms with Gasteiger partial charge in [-0.2, -0.15) is 0 Å². The number of aromatic nitrogens is 2. The van der Waals surface area contributed by atoms with Crippen molar-refractivity contribution in [2.75, 3.05) is 0 Å². The van der Waals surface area contributed by atoms with E-state index in [0.29, 0.717) is 9.99 Å². The van der Waals surface area contributed by atoms with Gasteiger partial charge in [-0.3, -0.25) is 14.2 Å². The molecule has 0 unspecified atom stereocenters. The first kappa shape index (κ1) is 12.9. The maximum absolute atomic E-state index is 11.9. The topological polar surface area (TPSA) is 52.0 Å². The van der Waals surface area contributed by atoms with Crippen LogP contribution >= 0.6 is 22.6 Å². The first-order chi connectivity index (χ1) is 8.66. The molecule has 4 nitrogen and oxygen atoms in total. The van der Waals surface area contributed by atoms with Gasteiger partial charge in [0.2, 0.25) is 0 Å². The third kappa shape index (κ3) is 3.25. The molecular weight excluding hydrogens is 343 g/mol. The van der Waals surface area contributed by atoms with Crippen LogP contribution in [-0.4, -0.2) is 15.3 Å². The molecule has 0 radical (unpaired) electrons. The monoisotopic (exact) mass is 354 g/mol. The van der Waals surface area contributed by atoms with Gasteiger partial charge in [-0.05, 0) is 28.2 Å². The number of rotatable bonds is 4. The normalized spacial score (nSPS) is 10.3. The Morgan fingerprint density at radius 1 is 1.28 bits per heavy atom. The van der Waals surface area contributed by atoms with Crippen LogP contribution in [0, 0.1) is 3.57 Å². The summed E-state index contributed by atoms with van der Waals surface area (Å²) in [5.74, 6) is -0.00731. The second kappa shape index (κ2) is 5.90. The molecule has 0 atom stereocenters. The lowest BCUT2D eigenvalue weighted by atomic mass is 10.1. The van der Waals surface area contributed by atoms with Gasteiger partial charge in [0.1, 0.15) is 0 Å². The molecule has 1 heterocycles. The number of carbonyl (C=O) groups excluding carboxylic acids is 1. The molecule has 0 saturated carbocycles. The highest BCUT2D eigenvalue weighted by Crippen LogP contribution is 2.01. The summed E-state index contributed by atoms with van der Waals surface area (Å²) in [5.41, 5.74) is 0.779. The summed E-state index contributed by atoms with van der Waals surface area (Å²) in [5, 5.41) is 0. The van der Waals surface area contributed by atoms with Crippen LogP contribution in [-0.2, 0) is 17.8 Å². The number of carbonyl (C=O) groups is 1. The van der Waals surface area contributed by atoms with E-state index in [-0.39, 0.29) is 17.9 Å². The maximum Gasteiger partial charge on any atom is 0.267 e. The van der Waals surface area contributed by atoms with Gasteiger partial charge in [0, 0.05) is 12.6 Å². The molecule has 0 spiro atoms. The van der Waals surface area contributed by atoms with Gasteiger partial charge < -0.3 is 0 Å². The third-order valence-electron chi connectivity index (χ3n) is 2.45. The molecule has 2 aromatic rings. The van der Waals surface area contributed by atoms with E-state index in [1.54, 1.807) is 0 Å². The predicted molar refractivity (Wildman–Crippen MR) is 76.4 cm³/mol. The zero-order valence-corrected chi connectivity index (χ0v) is 11.7. The minimum absolute atomic E-state index is 0.00731. The molecule has 2 rings (SSSR count). The Kier molecular flexibility index (Phi) is 4.24. The van der Waals surface area contributed by atoms with Crippen molar-refractivity contribution in [2.24, 2.45) is 0 Å². The summed E-state index contributed by atoms with van der Waals surface area (Å²) in [6.45, 7) is 0.0670. The molecule has 0 N–H and O–H groups in total. The average Bonchev–Trinajstić information content (AvgIpc) is 2.36. The standard InChI is InChI=1S/C13H11IN2O2/c14-12-7-15-9-16(13(12)18)8-11(17)6-10-4-2-1-3-5-10/h1-5,7,9H,6,8H2. The number of ketones is 1. The summed E-state index contributed by atoms with van der Waals surface area (Å²) < 4.78 is 1.86. The molecule has 0 aliphatic rings. The van der Waals surface area contributed by atoms with Crippen molar-refractivity contribution >= 4 is 28.4 Å². The molecule has 0 saturated heterocycles. The van der Waals surface area contributed by atoms with Crippen LogP contribution in [0.3, 0.4) is 0 Å². The molecule has 1 aromatic carbocycles. The van der Waals surface area contributed by atoms with E-state index in [2.05, 4.69) is 4.98 Å². The molecule has 0 fully saturated rings. The van der Waals surface area contributed by atoms with E-state index in [0.717, 1.165) is 5.56 Å². The quantitative estimate of drug-likeness (QED) is 0.785. The first-order valence-corrected chi connectivity index (χ1v) is 6.50. The van der Waals surface area contributed by atoms with E-state index >= 15 is 0 Å². The Hall–Kier alpha value is -1.50. The molecule has 0 aliphatic carbocycles. The van der Waals surface area contributed by atoms with Gasteiger partial charge >= 0.3 is 0 Å². The highest BCUT2D eigenvalue weighted by molar-refractivity contribution is 14.1. The lowest BCUT2D eigenvalue weighted by molar-refractivity contribution is -0.119. The third-order valence-corrected chi connectivity index (χ3v) is 3.19. The van der Waals surface area contributed by atoms with Crippen molar-refractivity contribution in [3.8, 4) is 0 Å². The predicted octanol–water partition coefficient (Wildman–Crippen LogP) is 1.66. The fraction of sp³-hybridized carbons (Fsp3) is 0.154. The van der Waals surface area contributed by atoms with Crippen molar-refractivity contribution in [3.05, 3.63) is 62.3 Å². The second-order valence-corrected chi connectivity index (χ2v) is 5.04. The largest absolute Gasteiger partial charge is 0.297 e. The number of nitrogens with zero attached hydrogens (tertiary/aromatic N) is 2. The molecule has 0 aliphatic heterocycles. The first-order valence-electron chi connectivity index (χ1n) is 5.42. The average molecular weight is 354 g/mol. The molecule has 0 amide bonds. The smallest absolute Gasteiger partial charge is 0.267 e. The minimum atomic E-state index is -0.174. The Morgan fingerprint density at radius 3 is 2.72 bits per heavy atom. The van der Waals surface area contributed by atoms with Crippen molar-refractivity contribution in [1.82, 2.24) is 9.55 Å². The van der Waals surface area contributed by atoms with Crippen LogP contribution < -0.4 is 5.56 Å². The minimum Gasteiger partial charge on any atom is -0.297 e. The number of Topliss-reactive ketones (excluding diaryl/α,β-unsaturated/α-hetero) is 1. The van der Waals surface area contributed by atoms with Crippen LogP contribution in [0.5, 0.6) is 0 Å². The zero-order valence-electron chi connectivity index (χ0n) is 9.54. The van der Waals surface area contributed by atoms with Gasteiger partial charge in [0.15, 0.2) is 5.78 Å². The van der Waals surface area contributed by atoms with E-state index < -0.39 is 0 Å². The number of halogens is 1. The SMILES string of the molecule is O=C(Cc1ccccc1)Cn1cncc(I)c1=O. The van der Waals surface area contributed by atoms with Gasteiger partial charge in [-0.25, -0.2) is 4.98 Å². The van der Waals surface area contributed by atoms with Crippen molar-refractivity contribution in [2.45, 2.75) is 13.0 Å². The van der Waals surface area contributed by atoms with E-state index in [4.69, 9.17) is 0 Å². The molecular formula is C13H11IN2O2. The van der Waals surface area contributed by atoms with Crippen LogP contribution in [0.15, 0.2) is 47.7 Å².